The van der Waals surface area contributed by atoms with Crippen LogP contribution in [0.25, 0.3) is 0 Å². The van der Waals surface area contributed by atoms with Crippen molar-refractivity contribution < 1.29 is 57.2 Å². The molecule has 0 spiro atoms. The Morgan fingerprint density at radius 2 is 0.667 bits per heavy atom. The Morgan fingerprint density at radius 1 is 0.400 bits per heavy atom. The Bertz CT molecular complexity index is 3110. The highest BCUT2D eigenvalue weighted by atomic mass is 16.6. The SMILES string of the molecule is C#CC#CC#CC#COC(=O)Nc1ccc(C)c(NC(=O)OCC(CC)(COC(=O)Nc2cc(NC(=O)OC#CC#CC#CC#C)ccc2C)COC(=O)Nc2cc(NC(=O)OC#CC#CC#CC#C)ccc2C)c1. The van der Waals surface area contributed by atoms with Crippen molar-refractivity contribution in [3.8, 4) is 144 Å². The van der Waals surface area contributed by atoms with Crippen molar-refractivity contribution in [1.29, 1.82) is 0 Å². The summed E-state index contributed by atoms with van der Waals surface area (Å²) in [5.41, 5.74) is 1.64. The lowest BCUT2D eigenvalue weighted by atomic mass is 9.88. The summed E-state index contributed by atoms with van der Waals surface area (Å²) in [6.07, 6.45) is 15.7. The van der Waals surface area contributed by atoms with E-state index in [2.05, 4.69) is 157 Å². The fraction of sp³-hybridized carbons (Fsp3) is 0.158. The van der Waals surface area contributed by atoms with Crippen LogP contribution in [0.5, 0.6) is 0 Å². The summed E-state index contributed by atoms with van der Waals surface area (Å²) < 4.78 is 31.2. The standard InChI is InChI=1S/C57H38N6O12/c1-8-12-15-18-21-24-33-70-51(64)58-45-30-27-42(5)48(36-45)61-54(67)73-39-57(11-4,40-74-55(68)62-49-37-46(31-28-43(49)6)59-52(65)71-34-25-22-19-16-13-9-2)41-75-56(69)63-50-38-47(32-29-44(50)7)60-53(66)72-35-26-23-20-17-14-10-3/h1-3,27-32,36-38H,11,39-41H2,4-7H3,(H,58,64)(H,59,65)(H,60,66)(H,61,67)(H,62,68)(H,63,69). The maximum atomic E-state index is 13.4. The Balaban J connectivity index is 1.78. The molecule has 0 aliphatic heterocycles. The van der Waals surface area contributed by atoms with E-state index in [9.17, 15) is 28.8 Å². The highest BCUT2D eigenvalue weighted by Gasteiger charge is 2.35. The number of hydrogen-bond acceptors (Lipinski definition) is 12. The van der Waals surface area contributed by atoms with E-state index in [0.29, 0.717) is 16.7 Å². The third kappa shape index (κ3) is 22.8. The molecule has 3 aromatic rings. The van der Waals surface area contributed by atoms with Gasteiger partial charge in [-0.2, -0.15) is 0 Å². The first kappa shape index (κ1) is 57.3. The van der Waals surface area contributed by atoms with Crippen LogP contribution in [0.1, 0.15) is 30.0 Å². The number of carbonyl (C=O) groups excluding carboxylic acids is 6. The van der Waals surface area contributed by atoms with Crippen molar-refractivity contribution in [3.63, 3.8) is 0 Å². The van der Waals surface area contributed by atoms with Gasteiger partial charge in [0.2, 0.25) is 0 Å². The highest BCUT2D eigenvalue weighted by Crippen LogP contribution is 2.28. The van der Waals surface area contributed by atoms with Crippen LogP contribution in [-0.4, -0.2) is 56.4 Å². The van der Waals surface area contributed by atoms with Crippen LogP contribution in [0.3, 0.4) is 0 Å². The molecule has 0 aliphatic rings. The topological polar surface area (TPSA) is 230 Å². The van der Waals surface area contributed by atoms with Crippen molar-refractivity contribution in [2.75, 3.05) is 51.7 Å². The molecule has 368 valence electrons. The highest BCUT2D eigenvalue weighted by molar-refractivity contribution is 5.92. The average Bonchev–Trinajstić information content (AvgIpc) is 3.38. The normalized spacial score (nSPS) is 8.60. The Morgan fingerprint density at radius 3 is 0.933 bits per heavy atom. The number of anilines is 6. The van der Waals surface area contributed by atoms with E-state index in [4.69, 9.17) is 47.7 Å². The fourth-order valence-corrected chi connectivity index (χ4v) is 5.14. The maximum absolute atomic E-state index is 13.4. The maximum Gasteiger partial charge on any atom is 0.425 e. The van der Waals surface area contributed by atoms with Gasteiger partial charge in [0.25, 0.3) is 0 Å². The molecule has 0 fully saturated rings. The lowest BCUT2D eigenvalue weighted by Gasteiger charge is -2.31. The van der Waals surface area contributed by atoms with Gasteiger partial charge in [0.15, 0.2) is 0 Å². The van der Waals surface area contributed by atoms with Crippen molar-refractivity contribution >= 4 is 70.7 Å². The second-order valence-corrected chi connectivity index (χ2v) is 14.2. The molecular formula is C57H38N6O12. The fourth-order valence-electron chi connectivity index (χ4n) is 5.14. The van der Waals surface area contributed by atoms with Gasteiger partial charge >= 0.3 is 36.6 Å². The van der Waals surface area contributed by atoms with Crippen molar-refractivity contribution in [2.24, 2.45) is 5.41 Å². The molecule has 3 aromatic carbocycles. The third-order valence-electron chi connectivity index (χ3n) is 8.99. The van der Waals surface area contributed by atoms with Crippen molar-refractivity contribution in [2.45, 2.75) is 34.1 Å². The van der Waals surface area contributed by atoms with Gasteiger partial charge in [-0.1, -0.05) is 25.1 Å². The predicted octanol–water partition coefficient (Wildman–Crippen LogP) is 7.50. The third-order valence-corrected chi connectivity index (χ3v) is 8.99. The molecule has 18 heteroatoms. The van der Waals surface area contributed by atoms with E-state index >= 15 is 0 Å². The number of ether oxygens (including phenoxy) is 6. The van der Waals surface area contributed by atoms with Crippen LogP contribution in [0.4, 0.5) is 62.9 Å². The quantitative estimate of drug-likeness (QED) is 0.0723. The summed E-state index contributed by atoms with van der Waals surface area (Å²) in [6.45, 7) is 5.29. The number of rotatable bonds is 13. The molecule has 0 saturated carbocycles. The second-order valence-electron chi connectivity index (χ2n) is 14.2. The van der Waals surface area contributed by atoms with Gasteiger partial charge in [-0.15, -0.1) is 19.3 Å². The zero-order valence-electron chi connectivity index (χ0n) is 40.2. The molecule has 6 amide bonds. The summed E-state index contributed by atoms with van der Waals surface area (Å²) in [7, 11) is 0. The Hall–Kier alpha value is -12.0. The van der Waals surface area contributed by atoms with E-state index < -0.39 is 61.8 Å². The van der Waals surface area contributed by atoms with Crippen LogP contribution in [-0.2, 0) is 28.4 Å². The summed E-state index contributed by atoms with van der Waals surface area (Å²) in [5, 5.41) is 15.2. The summed E-state index contributed by atoms with van der Waals surface area (Å²) in [5.74, 6) is 41.0. The minimum Gasteiger partial charge on any atom is -0.448 e. The van der Waals surface area contributed by atoms with E-state index in [1.807, 2.05) is 0 Å². The molecular weight excluding hydrogens is 961 g/mol. The lowest BCUT2D eigenvalue weighted by molar-refractivity contribution is -0.0104. The molecule has 0 aliphatic carbocycles. The van der Waals surface area contributed by atoms with Gasteiger partial charge in [0.1, 0.15) is 38.1 Å². The summed E-state index contributed by atoms with van der Waals surface area (Å²) in [6, 6.07) is 13.7. The molecule has 0 aromatic heterocycles. The minimum atomic E-state index is -1.38. The number of amides is 6. The average molecular weight is 999 g/mol. The number of terminal acetylenes is 3. The second kappa shape index (κ2) is 31.9. The van der Waals surface area contributed by atoms with Gasteiger partial charge in [0.05, 0.1) is 5.41 Å². The van der Waals surface area contributed by atoms with Crippen LogP contribution in [0.2, 0.25) is 0 Å². The molecule has 18 nitrogen and oxygen atoms in total. The monoisotopic (exact) mass is 998 g/mol. The number of hydrogen-bond donors (Lipinski definition) is 6. The van der Waals surface area contributed by atoms with Gasteiger partial charge in [-0.05, 0) is 134 Å². The van der Waals surface area contributed by atoms with Gasteiger partial charge < -0.3 is 28.4 Å². The molecule has 0 heterocycles. The van der Waals surface area contributed by atoms with Gasteiger partial charge in [0, 0.05) is 87.4 Å². The smallest absolute Gasteiger partial charge is 0.425 e. The predicted molar refractivity (Wildman–Crippen MR) is 278 cm³/mol. The van der Waals surface area contributed by atoms with E-state index in [1.165, 1.54) is 36.4 Å². The van der Waals surface area contributed by atoms with E-state index in [0.717, 1.165) is 0 Å². The first-order chi connectivity index (χ1) is 36.2. The minimum absolute atomic E-state index is 0.106. The molecule has 6 N–H and O–H groups in total. The van der Waals surface area contributed by atoms with Crippen molar-refractivity contribution in [3.05, 3.63) is 71.3 Å². The molecule has 75 heavy (non-hydrogen) atoms. The summed E-state index contributed by atoms with van der Waals surface area (Å²) >= 11 is 0. The van der Waals surface area contributed by atoms with Gasteiger partial charge in [-0.3, -0.25) is 31.9 Å². The first-order valence-electron chi connectivity index (χ1n) is 21.1. The molecule has 0 bridgehead atoms. The molecule has 0 radical (unpaired) electrons. The first-order valence-corrected chi connectivity index (χ1v) is 21.1. The van der Waals surface area contributed by atoms with Crippen LogP contribution >= 0.6 is 0 Å². The Kier molecular flexibility index (Phi) is 24.4. The molecule has 3 rings (SSSR count). The number of aryl methyl sites for hydroxylation is 3. The van der Waals surface area contributed by atoms with Crippen LogP contribution in [0, 0.1) is 170 Å². The van der Waals surface area contributed by atoms with Crippen molar-refractivity contribution in [1.82, 2.24) is 0 Å². The zero-order valence-corrected chi connectivity index (χ0v) is 40.2. The molecule has 0 atom stereocenters. The van der Waals surface area contributed by atoms with E-state index in [1.54, 1.807) is 45.9 Å². The van der Waals surface area contributed by atoms with Crippen LogP contribution in [0.15, 0.2) is 54.6 Å². The van der Waals surface area contributed by atoms with E-state index in [-0.39, 0.29) is 40.5 Å². The van der Waals surface area contributed by atoms with Gasteiger partial charge in [-0.25, -0.2) is 28.8 Å². The lowest BCUT2D eigenvalue weighted by Crippen LogP contribution is -2.40. The molecule has 0 unspecified atom stereocenters. The number of carbonyl (C=O) groups is 6. The Labute approximate surface area is 433 Å². The van der Waals surface area contributed by atoms with Crippen LogP contribution < -0.4 is 31.9 Å². The number of nitrogens with one attached hydrogen (secondary N) is 6. The summed E-state index contributed by atoms with van der Waals surface area (Å²) in [4.78, 5) is 77.0. The zero-order chi connectivity index (χ0) is 54.7. The molecule has 0 saturated heterocycles. The number of benzene rings is 3. The largest absolute Gasteiger partial charge is 0.448 e.